The minimum atomic E-state index is -3.26. The molecule has 2 fully saturated rings. The van der Waals surface area contributed by atoms with Gasteiger partial charge in [0.05, 0.1) is 0 Å². The second kappa shape index (κ2) is 7.17. The normalized spacial score (nSPS) is 24.9. The number of nitrogens with one attached hydrogen (secondary N) is 1. The molecule has 0 unspecified atom stereocenters. The Kier molecular flexibility index (Phi) is 5.80. The van der Waals surface area contributed by atoms with Gasteiger partial charge in [-0.25, -0.2) is 0 Å². The standard InChI is InChI=1S/C13H28N4O2S/c1-13(2)12-15-8-10-17(11-9-15)20(18,19)16-6-3-4-14-5-7-16/h13-14H,3-12H2,1-2H3. The molecule has 0 saturated carbocycles. The van der Waals surface area contributed by atoms with E-state index in [1.165, 1.54) is 0 Å². The third kappa shape index (κ3) is 4.14. The minimum absolute atomic E-state index is 0.592. The average Bonchev–Trinajstić information content (AvgIpc) is 2.68. The zero-order valence-electron chi connectivity index (χ0n) is 12.7. The molecule has 1 N–H and O–H groups in total. The van der Waals surface area contributed by atoms with Gasteiger partial charge in [0.15, 0.2) is 0 Å². The van der Waals surface area contributed by atoms with Gasteiger partial charge in [0, 0.05) is 52.4 Å². The quantitative estimate of drug-likeness (QED) is 0.781. The van der Waals surface area contributed by atoms with Crippen molar-refractivity contribution in [2.75, 3.05) is 58.9 Å². The van der Waals surface area contributed by atoms with Crippen LogP contribution in [0, 0.1) is 5.92 Å². The van der Waals surface area contributed by atoms with Crippen molar-refractivity contribution >= 4 is 10.2 Å². The monoisotopic (exact) mass is 304 g/mol. The SMILES string of the molecule is CC(C)CN1CCN(S(=O)(=O)N2CCCNCC2)CC1. The first-order valence-corrected chi connectivity index (χ1v) is 9.08. The molecule has 2 heterocycles. The van der Waals surface area contributed by atoms with Crippen LogP contribution in [0.15, 0.2) is 0 Å². The molecule has 0 aliphatic carbocycles. The van der Waals surface area contributed by atoms with Crippen LogP contribution in [0.1, 0.15) is 20.3 Å². The second-order valence-electron chi connectivity index (χ2n) is 6.10. The Hall–Kier alpha value is -0.210. The summed E-state index contributed by atoms with van der Waals surface area (Å²) in [4.78, 5) is 2.36. The molecule has 20 heavy (non-hydrogen) atoms. The van der Waals surface area contributed by atoms with E-state index in [2.05, 4.69) is 24.1 Å². The Bertz CT molecular complexity index is 383. The number of rotatable bonds is 4. The summed E-state index contributed by atoms with van der Waals surface area (Å²) in [5, 5.41) is 3.25. The predicted octanol–water partition coefficient (Wildman–Crippen LogP) is -0.200. The van der Waals surface area contributed by atoms with Gasteiger partial charge < -0.3 is 10.2 Å². The molecule has 0 aromatic carbocycles. The molecule has 0 aromatic heterocycles. The summed E-state index contributed by atoms with van der Waals surface area (Å²) in [6.07, 6.45) is 0.895. The van der Waals surface area contributed by atoms with Gasteiger partial charge in [0.25, 0.3) is 10.2 Å². The summed E-state index contributed by atoms with van der Waals surface area (Å²) in [6.45, 7) is 11.3. The van der Waals surface area contributed by atoms with Crippen LogP contribution in [-0.2, 0) is 10.2 Å². The molecular weight excluding hydrogens is 276 g/mol. The zero-order valence-corrected chi connectivity index (χ0v) is 13.5. The highest BCUT2D eigenvalue weighted by molar-refractivity contribution is 7.86. The van der Waals surface area contributed by atoms with E-state index in [1.807, 2.05) is 0 Å². The highest BCUT2D eigenvalue weighted by Gasteiger charge is 2.32. The Balaban J connectivity index is 1.91. The molecule has 2 aliphatic rings. The average molecular weight is 304 g/mol. The molecule has 7 heteroatoms. The van der Waals surface area contributed by atoms with E-state index in [-0.39, 0.29) is 0 Å². The van der Waals surface area contributed by atoms with Crippen molar-refractivity contribution in [3.05, 3.63) is 0 Å². The molecule has 2 saturated heterocycles. The topological polar surface area (TPSA) is 55.9 Å². The van der Waals surface area contributed by atoms with E-state index in [1.54, 1.807) is 8.61 Å². The van der Waals surface area contributed by atoms with Crippen molar-refractivity contribution in [3.8, 4) is 0 Å². The molecular formula is C13H28N4O2S. The maximum absolute atomic E-state index is 12.6. The van der Waals surface area contributed by atoms with Gasteiger partial charge in [-0.3, -0.25) is 0 Å². The molecule has 6 nitrogen and oxygen atoms in total. The summed E-state index contributed by atoms with van der Waals surface area (Å²) in [7, 11) is -3.26. The van der Waals surface area contributed by atoms with Crippen LogP contribution in [0.2, 0.25) is 0 Å². The van der Waals surface area contributed by atoms with E-state index in [4.69, 9.17) is 0 Å². The number of hydrogen-bond acceptors (Lipinski definition) is 4. The fraction of sp³-hybridized carbons (Fsp3) is 1.00. The molecule has 0 amide bonds. The van der Waals surface area contributed by atoms with Crippen LogP contribution in [0.4, 0.5) is 0 Å². The summed E-state index contributed by atoms with van der Waals surface area (Å²) in [6, 6.07) is 0. The van der Waals surface area contributed by atoms with Gasteiger partial charge in [-0.15, -0.1) is 0 Å². The summed E-state index contributed by atoms with van der Waals surface area (Å²) < 4.78 is 28.6. The smallest absolute Gasteiger partial charge is 0.282 e. The maximum Gasteiger partial charge on any atom is 0.282 e. The molecule has 0 radical (unpaired) electrons. The van der Waals surface area contributed by atoms with Crippen molar-refractivity contribution in [2.24, 2.45) is 5.92 Å². The highest BCUT2D eigenvalue weighted by atomic mass is 32.2. The Labute approximate surface area is 123 Å². The van der Waals surface area contributed by atoms with Crippen LogP contribution in [0.5, 0.6) is 0 Å². The molecule has 0 bridgehead atoms. The molecule has 0 aromatic rings. The van der Waals surface area contributed by atoms with Gasteiger partial charge >= 0.3 is 0 Å². The summed E-state index contributed by atoms with van der Waals surface area (Å²) in [5.74, 6) is 0.634. The molecule has 0 spiro atoms. The zero-order chi connectivity index (χ0) is 14.6. The Morgan fingerprint density at radius 3 is 2.25 bits per heavy atom. The number of hydrogen-bond donors (Lipinski definition) is 1. The fourth-order valence-electron chi connectivity index (χ4n) is 2.87. The van der Waals surface area contributed by atoms with Crippen LogP contribution >= 0.6 is 0 Å². The van der Waals surface area contributed by atoms with E-state index >= 15 is 0 Å². The lowest BCUT2D eigenvalue weighted by molar-refractivity contribution is 0.166. The minimum Gasteiger partial charge on any atom is -0.315 e. The third-order valence-electron chi connectivity index (χ3n) is 3.91. The Morgan fingerprint density at radius 2 is 1.60 bits per heavy atom. The van der Waals surface area contributed by atoms with E-state index < -0.39 is 10.2 Å². The van der Waals surface area contributed by atoms with E-state index in [9.17, 15) is 8.42 Å². The van der Waals surface area contributed by atoms with Crippen LogP contribution in [0.3, 0.4) is 0 Å². The number of piperazine rings is 1. The lowest BCUT2D eigenvalue weighted by atomic mass is 10.2. The third-order valence-corrected chi connectivity index (χ3v) is 5.94. The van der Waals surface area contributed by atoms with Crippen molar-refractivity contribution in [1.29, 1.82) is 0 Å². The number of nitrogens with zero attached hydrogens (tertiary/aromatic N) is 3. The van der Waals surface area contributed by atoms with Gasteiger partial charge in [0.1, 0.15) is 0 Å². The molecule has 2 rings (SSSR count). The first-order valence-electron chi connectivity index (χ1n) is 7.68. The van der Waals surface area contributed by atoms with Gasteiger partial charge in [-0.1, -0.05) is 13.8 Å². The lowest BCUT2D eigenvalue weighted by Gasteiger charge is -2.37. The molecule has 118 valence electrons. The van der Waals surface area contributed by atoms with Gasteiger partial charge in [-0.2, -0.15) is 17.0 Å². The Morgan fingerprint density at radius 1 is 0.950 bits per heavy atom. The fourth-order valence-corrected chi connectivity index (χ4v) is 4.51. The van der Waals surface area contributed by atoms with Crippen LogP contribution in [-0.4, -0.2) is 80.8 Å². The summed E-state index contributed by atoms with van der Waals surface area (Å²) >= 11 is 0. The van der Waals surface area contributed by atoms with Gasteiger partial charge in [-0.05, 0) is 18.9 Å². The van der Waals surface area contributed by atoms with E-state index in [0.29, 0.717) is 32.1 Å². The van der Waals surface area contributed by atoms with Crippen molar-refractivity contribution in [1.82, 2.24) is 18.8 Å². The highest BCUT2D eigenvalue weighted by Crippen LogP contribution is 2.14. The van der Waals surface area contributed by atoms with Crippen LogP contribution < -0.4 is 5.32 Å². The molecule has 2 aliphatic heterocycles. The van der Waals surface area contributed by atoms with Gasteiger partial charge in [0.2, 0.25) is 0 Å². The van der Waals surface area contributed by atoms with Crippen molar-refractivity contribution in [3.63, 3.8) is 0 Å². The largest absolute Gasteiger partial charge is 0.315 e. The first kappa shape index (κ1) is 16.2. The lowest BCUT2D eigenvalue weighted by Crippen LogP contribution is -2.53. The maximum atomic E-state index is 12.6. The van der Waals surface area contributed by atoms with Crippen molar-refractivity contribution in [2.45, 2.75) is 20.3 Å². The summed E-state index contributed by atoms with van der Waals surface area (Å²) in [5.41, 5.74) is 0. The van der Waals surface area contributed by atoms with Crippen molar-refractivity contribution < 1.29 is 8.42 Å². The second-order valence-corrected chi connectivity index (χ2v) is 8.03. The molecule has 0 atom stereocenters. The van der Waals surface area contributed by atoms with Crippen LogP contribution in [0.25, 0.3) is 0 Å². The first-order chi connectivity index (χ1) is 9.50. The van der Waals surface area contributed by atoms with E-state index in [0.717, 1.165) is 39.1 Å². The predicted molar refractivity (Wildman–Crippen MR) is 80.8 cm³/mol.